The molecule has 0 aromatic carbocycles. The second kappa shape index (κ2) is 13.6. The van der Waals surface area contributed by atoms with Crippen molar-refractivity contribution >= 4 is 23.7 Å². The van der Waals surface area contributed by atoms with Gasteiger partial charge in [-0.05, 0) is 32.1 Å². The molecule has 3 unspecified atom stereocenters. The molecular formula is C25H43N3O5. The lowest BCUT2D eigenvalue weighted by molar-refractivity contribution is -0.146. The summed E-state index contributed by atoms with van der Waals surface area (Å²) in [6.07, 6.45) is 7.36. The molecule has 0 bridgehead atoms. The summed E-state index contributed by atoms with van der Waals surface area (Å²) in [4.78, 5) is 53.7. The first-order valence-electron chi connectivity index (χ1n) is 12.8. The summed E-state index contributed by atoms with van der Waals surface area (Å²) in [6.45, 7) is 9.40. The van der Waals surface area contributed by atoms with Crippen LogP contribution in [0.4, 0.5) is 0 Å². The van der Waals surface area contributed by atoms with E-state index in [1.54, 1.807) is 11.8 Å². The summed E-state index contributed by atoms with van der Waals surface area (Å²) >= 11 is 0. The largest absolute Gasteiger partial charge is 0.466 e. The highest BCUT2D eigenvalue weighted by Crippen LogP contribution is 2.29. The van der Waals surface area contributed by atoms with Crippen molar-refractivity contribution in [3.05, 3.63) is 0 Å². The Bertz CT molecular complexity index is 677. The van der Waals surface area contributed by atoms with Gasteiger partial charge in [0.25, 0.3) is 0 Å². The molecular weight excluding hydrogens is 422 g/mol. The molecule has 0 radical (unpaired) electrons. The molecule has 3 amide bonds. The first kappa shape index (κ1) is 27.1. The van der Waals surface area contributed by atoms with Gasteiger partial charge in [0.1, 0.15) is 6.04 Å². The van der Waals surface area contributed by atoms with Crippen molar-refractivity contribution in [2.45, 2.75) is 97.6 Å². The van der Waals surface area contributed by atoms with Gasteiger partial charge in [-0.1, -0.05) is 46.0 Å². The van der Waals surface area contributed by atoms with E-state index in [4.69, 9.17) is 4.74 Å². The molecule has 8 heteroatoms. The summed E-state index contributed by atoms with van der Waals surface area (Å²) in [6, 6.07) is -0.683. The molecule has 2 fully saturated rings. The molecule has 1 aliphatic heterocycles. The summed E-state index contributed by atoms with van der Waals surface area (Å²) in [5.74, 6) is -0.00986. The van der Waals surface area contributed by atoms with Crippen molar-refractivity contribution in [3.63, 3.8) is 0 Å². The number of ether oxygens (including phenoxy) is 1. The van der Waals surface area contributed by atoms with Crippen LogP contribution in [0, 0.1) is 11.8 Å². The fourth-order valence-electron chi connectivity index (χ4n) is 4.87. The number of hydrogen-bond donors (Lipinski definition) is 1. The predicted octanol–water partition coefficient (Wildman–Crippen LogP) is 2.89. The number of nitrogens with zero attached hydrogens (tertiary/aromatic N) is 2. The van der Waals surface area contributed by atoms with Crippen LogP contribution in [0.1, 0.15) is 85.5 Å². The number of esters is 1. The van der Waals surface area contributed by atoms with Gasteiger partial charge in [0, 0.05) is 38.5 Å². The summed E-state index contributed by atoms with van der Waals surface area (Å²) in [7, 11) is 0. The zero-order valence-corrected chi connectivity index (χ0v) is 20.9. The highest BCUT2D eigenvalue weighted by molar-refractivity contribution is 5.89. The molecule has 33 heavy (non-hydrogen) atoms. The van der Waals surface area contributed by atoms with Crippen molar-refractivity contribution in [1.29, 1.82) is 0 Å². The lowest BCUT2D eigenvalue weighted by atomic mass is 9.96. The quantitative estimate of drug-likeness (QED) is 0.473. The van der Waals surface area contributed by atoms with Crippen LogP contribution in [-0.4, -0.2) is 71.8 Å². The number of piperazine rings is 1. The highest BCUT2D eigenvalue weighted by Gasteiger charge is 2.35. The topological polar surface area (TPSA) is 96.0 Å². The second-order valence-electron chi connectivity index (χ2n) is 9.65. The minimum atomic E-state index is -0.637. The van der Waals surface area contributed by atoms with Gasteiger partial charge in [0.15, 0.2) is 0 Å². The molecule has 3 atom stereocenters. The number of rotatable bonds is 11. The predicted molar refractivity (Wildman–Crippen MR) is 126 cm³/mol. The Balaban J connectivity index is 1.88. The first-order chi connectivity index (χ1) is 15.8. The number of carbonyl (C=O) groups excluding carboxylic acids is 4. The van der Waals surface area contributed by atoms with Crippen molar-refractivity contribution in [1.82, 2.24) is 15.1 Å². The Morgan fingerprint density at radius 3 is 2.33 bits per heavy atom. The molecule has 0 aromatic rings. The minimum absolute atomic E-state index is 0.000231. The lowest BCUT2D eigenvalue weighted by Crippen LogP contribution is -2.60. The van der Waals surface area contributed by atoms with Crippen LogP contribution in [0.15, 0.2) is 0 Å². The van der Waals surface area contributed by atoms with E-state index in [-0.39, 0.29) is 49.1 Å². The summed E-state index contributed by atoms with van der Waals surface area (Å²) < 4.78 is 4.87. The van der Waals surface area contributed by atoms with Gasteiger partial charge in [-0.15, -0.1) is 0 Å². The fraction of sp³-hybridized carbons (Fsp3) is 0.840. The van der Waals surface area contributed by atoms with Crippen molar-refractivity contribution in [2.75, 3.05) is 26.2 Å². The molecule has 2 rings (SSSR count). The van der Waals surface area contributed by atoms with Crippen LogP contribution in [0.25, 0.3) is 0 Å². The van der Waals surface area contributed by atoms with Gasteiger partial charge in [-0.25, -0.2) is 0 Å². The van der Waals surface area contributed by atoms with Gasteiger partial charge >= 0.3 is 5.97 Å². The molecule has 8 nitrogen and oxygen atoms in total. The molecule has 1 N–H and O–H groups in total. The third-order valence-electron chi connectivity index (χ3n) is 7.16. The normalized spacial score (nSPS) is 20.9. The van der Waals surface area contributed by atoms with Gasteiger partial charge in [-0.2, -0.15) is 0 Å². The summed E-state index contributed by atoms with van der Waals surface area (Å²) in [5.41, 5.74) is 0. The molecule has 0 aromatic heterocycles. The number of amides is 3. The van der Waals surface area contributed by atoms with E-state index in [0.29, 0.717) is 32.0 Å². The van der Waals surface area contributed by atoms with Gasteiger partial charge in [0.2, 0.25) is 17.7 Å². The van der Waals surface area contributed by atoms with Crippen LogP contribution >= 0.6 is 0 Å². The van der Waals surface area contributed by atoms with E-state index < -0.39 is 12.0 Å². The third-order valence-corrected chi connectivity index (χ3v) is 7.16. The van der Waals surface area contributed by atoms with Crippen molar-refractivity contribution in [3.8, 4) is 0 Å². The standard InChI is InChI=1S/C25H43N3O5/c1-5-18(3)24(26-21(29)12-14-23(31)33-6-2)25(32)27-15-16-28(19(4)17-27)22(30)13-11-20-9-7-8-10-20/h18-20,24H,5-17H2,1-4H3,(H,26,29). The zero-order valence-electron chi connectivity index (χ0n) is 20.9. The SMILES string of the molecule is CCOC(=O)CCC(=O)NC(C(=O)N1CCN(C(=O)CCC2CCCC2)C(C)C1)C(C)CC. The van der Waals surface area contributed by atoms with Crippen LogP contribution in [0.5, 0.6) is 0 Å². The average molecular weight is 466 g/mol. The minimum Gasteiger partial charge on any atom is -0.466 e. The molecule has 2 aliphatic rings. The van der Waals surface area contributed by atoms with Crippen molar-refractivity contribution < 1.29 is 23.9 Å². The van der Waals surface area contributed by atoms with E-state index in [2.05, 4.69) is 5.32 Å². The Labute approximate surface area is 198 Å². The fourth-order valence-corrected chi connectivity index (χ4v) is 4.87. The smallest absolute Gasteiger partial charge is 0.306 e. The van der Waals surface area contributed by atoms with Crippen LogP contribution < -0.4 is 5.32 Å². The lowest BCUT2D eigenvalue weighted by Gasteiger charge is -2.41. The maximum Gasteiger partial charge on any atom is 0.306 e. The van der Waals surface area contributed by atoms with E-state index in [9.17, 15) is 19.2 Å². The maximum absolute atomic E-state index is 13.3. The van der Waals surface area contributed by atoms with Crippen LogP contribution in [0.2, 0.25) is 0 Å². The van der Waals surface area contributed by atoms with E-state index >= 15 is 0 Å². The molecule has 1 saturated carbocycles. The Morgan fingerprint density at radius 2 is 1.73 bits per heavy atom. The zero-order chi connectivity index (χ0) is 24.4. The molecule has 188 valence electrons. The highest BCUT2D eigenvalue weighted by atomic mass is 16.5. The number of hydrogen-bond acceptors (Lipinski definition) is 5. The van der Waals surface area contributed by atoms with Crippen molar-refractivity contribution in [2.24, 2.45) is 11.8 Å². The van der Waals surface area contributed by atoms with E-state index in [0.717, 1.165) is 12.8 Å². The van der Waals surface area contributed by atoms with E-state index in [1.807, 2.05) is 25.7 Å². The van der Waals surface area contributed by atoms with Gasteiger partial charge in [0.05, 0.1) is 13.0 Å². The number of carbonyl (C=O) groups is 4. The summed E-state index contributed by atoms with van der Waals surface area (Å²) in [5, 5.41) is 2.84. The Kier molecular flexibility index (Phi) is 11.1. The Morgan fingerprint density at radius 1 is 1.03 bits per heavy atom. The first-order valence-corrected chi connectivity index (χ1v) is 12.8. The third kappa shape index (κ3) is 8.31. The van der Waals surface area contributed by atoms with Crippen LogP contribution in [0.3, 0.4) is 0 Å². The maximum atomic E-state index is 13.3. The van der Waals surface area contributed by atoms with Crippen LogP contribution in [-0.2, 0) is 23.9 Å². The number of nitrogens with one attached hydrogen (secondary N) is 1. The second-order valence-corrected chi connectivity index (χ2v) is 9.65. The monoisotopic (exact) mass is 465 g/mol. The van der Waals surface area contributed by atoms with Gasteiger partial charge < -0.3 is 19.9 Å². The molecule has 0 spiro atoms. The Hall–Kier alpha value is -2.12. The molecule has 1 aliphatic carbocycles. The average Bonchev–Trinajstić information content (AvgIpc) is 3.32. The molecule has 1 heterocycles. The van der Waals surface area contributed by atoms with Gasteiger partial charge in [-0.3, -0.25) is 19.2 Å². The molecule has 1 saturated heterocycles. The van der Waals surface area contributed by atoms with E-state index in [1.165, 1.54) is 25.7 Å².